The van der Waals surface area contributed by atoms with Crippen LogP contribution in [0.4, 0.5) is 0 Å². The van der Waals surface area contributed by atoms with E-state index in [4.69, 9.17) is 0 Å². The molecule has 2 saturated heterocycles. The summed E-state index contributed by atoms with van der Waals surface area (Å²) in [5.74, 6) is 0. The minimum Gasteiger partial charge on any atom is -0.314 e. The minimum absolute atomic E-state index is 0.708. The van der Waals surface area contributed by atoms with Crippen molar-refractivity contribution in [3.63, 3.8) is 0 Å². The Hall–Kier alpha value is -0.970. The van der Waals surface area contributed by atoms with E-state index in [0.29, 0.717) is 6.04 Å². The van der Waals surface area contributed by atoms with Gasteiger partial charge in [-0.15, -0.1) is 0 Å². The van der Waals surface area contributed by atoms with E-state index in [0.717, 1.165) is 19.6 Å². The van der Waals surface area contributed by atoms with Crippen molar-refractivity contribution in [1.82, 2.24) is 20.1 Å². The molecule has 1 aromatic rings. The van der Waals surface area contributed by atoms with Gasteiger partial charge in [0.15, 0.2) is 0 Å². The molecular formula is C13H20N4. The fourth-order valence-electron chi connectivity index (χ4n) is 2.83. The lowest BCUT2D eigenvalue weighted by Gasteiger charge is -2.44. The van der Waals surface area contributed by atoms with Crippen molar-refractivity contribution in [1.29, 1.82) is 0 Å². The summed E-state index contributed by atoms with van der Waals surface area (Å²) in [6.07, 6.45) is 3.77. The summed E-state index contributed by atoms with van der Waals surface area (Å²) in [6.45, 7) is 8.18. The van der Waals surface area contributed by atoms with Crippen molar-refractivity contribution in [3.8, 4) is 0 Å². The number of hydrogen-bond acceptors (Lipinski definition) is 4. The Kier molecular flexibility index (Phi) is 3.36. The lowest BCUT2D eigenvalue weighted by molar-refractivity contribution is 0.0541. The highest BCUT2D eigenvalue weighted by Crippen LogP contribution is 2.13. The molecule has 0 saturated carbocycles. The lowest BCUT2D eigenvalue weighted by atomic mass is 10.1. The lowest BCUT2D eigenvalue weighted by Crippen LogP contribution is -2.60. The van der Waals surface area contributed by atoms with Gasteiger partial charge in [-0.1, -0.05) is 0 Å². The minimum atomic E-state index is 0.708. The summed E-state index contributed by atoms with van der Waals surface area (Å²) in [7, 11) is 0. The predicted octanol–water partition coefficient (Wildman–Crippen LogP) is 0.171. The average molecular weight is 232 g/mol. The molecule has 0 spiro atoms. The summed E-state index contributed by atoms with van der Waals surface area (Å²) in [6, 6.07) is 4.94. The highest BCUT2D eigenvalue weighted by atomic mass is 15.3. The van der Waals surface area contributed by atoms with Crippen molar-refractivity contribution >= 4 is 0 Å². The molecule has 0 amide bonds. The van der Waals surface area contributed by atoms with Gasteiger partial charge in [0.2, 0.25) is 0 Å². The van der Waals surface area contributed by atoms with Gasteiger partial charge in [0.05, 0.1) is 0 Å². The molecule has 2 aliphatic heterocycles. The van der Waals surface area contributed by atoms with E-state index < -0.39 is 0 Å². The number of rotatable bonds is 2. The zero-order valence-electron chi connectivity index (χ0n) is 10.2. The van der Waals surface area contributed by atoms with Crippen molar-refractivity contribution in [3.05, 3.63) is 30.1 Å². The van der Waals surface area contributed by atoms with Crippen LogP contribution < -0.4 is 5.32 Å². The van der Waals surface area contributed by atoms with Gasteiger partial charge in [-0.2, -0.15) is 0 Å². The molecule has 1 unspecified atom stereocenters. The van der Waals surface area contributed by atoms with E-state index in [1.807, 2.05) is 12.4 Å². The second-order valence-electron chi connectivity index (χ2n) is 4.98. The number of fused-ring (bicyclic) bond motifs is 1. The van der Waals surface area contributed by atoms with Crippen LogP contribution in [-0.2, 0) is 6.54 Å². The fraction of sp³-hybridized carbons (Fsp3) is 0.615. The highest BCUT2D eigenvalue weighted by molar-refractivity contribution is 5.09. The molecule has 4 nitrogen and oxygen atoms in total. The SMILES string of the molecule is c1cc(CN2CCN3CCNCC3C2)ccn1. The third-order valence-electron chi connectivity index (χ3n) is 3.80. The molecule has 3 heterocycles. The molecule has 1 atom stereocenters. The molecule has 17 heavy (non-hydrogen) atoms. The van der Waals surface area contributed by atoms with Crippen molar-refractivity contribution in [2.24, 2.45) is 0 Å². The van der Waals surface area contributed by atoms with Crippen LogP contribution >= 0.6 is 0 Å². The molecule has 2 aliphatic rings. The van der Waals surface area contributed by atoms with E-state index >= 15 is 0 Å². The number of aromatic nitrogens is 1. The van der Waals surface area contributed by atoms with Gasteiger partial charge >= 0.3 is 0 Å². The van der Waals surface area contributed by atoms with E-state index in [9.17, 15) is 0 Å². The first kappa shape index (κ1) is 11.1. The number of pyridine rings is 1. The summed E-state index contributed by atoms with van der Waals surface area (Å²) in [4.78, 5) is 9.25. The van der Waals surface area contributed by atoms with Crippen LogP contribution in [0.2, 0.25) is 0 Å². The van der Waals surface area contributed by atoms with Gasteiger partial charge < -0.3 is 5.32 Å². The van der Waals surface area contributed by atoms with E-state index in [-0.39, 0.29) is 0 Å². The molecule has 0 aliphatic carbocycles. The maximum absolute atomic E-state index is 4.07. The molecular weight excluding hydrogens is 212 g/mol. The summed E-state index contributed by atoms with van der Waals surface area (Å²) < 4.78 is 0. The third kappa shape index (κ3) is 2.65. The standard InChI is InChI=1S/C13H20N4/c1-3-14-4-2-12(1)10-16-7-8-17-6-5-15-9-13(17)11-16/h1-4,13,15H,5-11H2. The first-order valence-corrected chi connectivity index (χ1v) is 6.48. The van der Waals surface area contributed by atoms with Gasteiger partial charge in [-0.25, -0.2) is 0 Å². The zero-order valence-corrected chi connectivity index (χ0v) is 10.2. The molecule has 0 radical (unpaired) electrons. The summed E-state index contributed by atoms with van der Waals surface area (Å²) in [5, 5.41) is 3.49. The number of nitrogens with zero attached hydrogens (tertiary/aromatic N) is 3. The average Bonchev–Trinajstić information content (AvgIpc) is 2.40. The Bertz CT molecular complexity index is 354. The molecule has 2 fully saturated rings. The summed E-state index contributed by atoms with van der Waals surface area (Å²) in [5.41, 5.74) is 1.37. The van der Waals surface area contributed by atoms with Crippen molar-refractivity contribution < 1.29 is 0 Å². The van der Waals surface area contributed by atoms with Crippen LogP contribution in [0.5, 0.6) is 0 Å². The second kappa shape index (κ2) is 5.12. The number of piperazine rings is 2. The topological polar surface area (TPSA) is 31.4 Å². The second-order valence-corrected chi connectivity index (χ2v) is 4.98. The molecule has 92 valence electrons. The maximum atomic E-state index is 4.07. The van der Waals surface area contributed by atoms with Crippen LogP contribution in [0.1, 0.15) is 5.56 Å². The van der Waals surface area contributed by atoms with Gasteiger partial charge in [-0.05, 0) is 17.7 Å². The smallest absolute Gasteiger partial charge is 0.0349 e. The largest absolute Gasteiger partial charge is 0.314 e. The Morgan fingerprint density at radius 3 is 3.00 bits per heavy atom. The van der Waals surface area contributed by atoms with Gasteiger partial charge in [0.25, 0.3) is 0 Å². The van der Waals surface area contributed by atoms with E-state index in [1.165, 1.54) is 31.7 Å². The van der Waals surface area contributed by atoms with Crippen LogP contribution in [0.25, 0.3) is 0 Å². The Morgan fingerprint density at radius 1 is 1.24 bits per heavy atom. The Morgan fingerprint density at radius 2 is 2.12 bits per heavy atom. The molecule has 3 rings (SSSR count). The van der Waals surface area contributed by atoms with Gasteiger partial charge in [0, 0.05) is 64.2 Å². The maximum Gasteiger partial charge on any atom is 0.0349 e. The number of hydrogen-bond donors (Lipinski definition) is 1. The predicted molar refractivity (Wildman–Crippen MR) is 67.7 cm³/mol. The Labute approximate surface area is 103 Å². The van der Waals surface area contributed by atoms with E-state index in [1.54, 1.807) is 0 Å². The first-order valence-electron chi connectivity index (χ1n) is 6.48. The molecule has 1 N–H and O–H groups in total. The highest BCUT2D eigenvalue weighted by Gasteiger charge is 2.28. The van der Waals surface area contributed by atoms with Crippen LogP contribution in [0, 0.1) is 0 Å². The first-order chi connectivity index (χ1) is 8.42. The molecule has 0 bridgehead atoms. The molecule has 1 aromatic heterocycles. The zero-order chi connectivity index (χ0) is 11.5. The monoisotopic (exact) mass is 232 g/mol. The third-order valence-corrected chi connectivity index (χ3v) is 3.80. The normalized spacial score (nSPS) is 26.7. The van der Waals surface area contributed by atoms with E-state index in [2.05, 4.69) is 32.2 Å². The summed E-state index contributed by atoms with van der Waals surface area (Å²) >= 11 is 0. The molecule has 0 aromatic carbocycles. The quantitative estimate of drug-likeness (QED) is 0.788. The van der Waals surface area contributed by atoms with Crippen LogP contribution in [0.3, 0.4) is 0 Å². The fourth-order valence-corrected chi connectivity index (χ4v) is 2.83. The van der Waals surface area contributed by atoms with Crippen molar-refractivity contribution in [2.75, 3.05) is 39.3 Å². The van der Waals surface area contributed by atoms with Gasteiger partial charge in [-0.3, -0.25) is 14.8 Å². The number of nitrogens with one attached hydrogen (secondary N) is 1. The molecule has 4 heteroatoms. The van der Waals surface area contributed by atoms with Crippen LogP contribution in [0.15, 0.2) is 24.5 Å². The van der Waals surface area contributed by atoms with Gasteiger partial charge in [0.1, 0.15) is 0 Å². The van der Waals surface area contributed by atoms with Crippen molar-refractivity contribution in [2.45, 2.75) is 12.6 Å². The van der Waals surface area contributed by atoms with Crippen LogP contribution in [-0.4, -0.2) is 60.1 Å². The Balaban J connectivity index is 1.59.